The van der Waals surface area contributed by atoms with Crippen LogP contribution in [0.3, 0.4) is 0 Å². The topological polar surface area (TPSA) is 98.9 Å². The molecule has 1 atom stereocenters. The van der Waals surface area contributed by atoms with Gasteiger partial charge >= 0.3 is 6.03 Å². The minimum Gasteiger partial charge on any atom is -0.327 e. The van der Waals surface area contributed by atoms with Crippen molar-refractivity contribution in [2.45, 2.75) is 13.0 Å². The lowest BCUT2D eigenvalue weighted by molar-refractivity contribution is -0.113. The number of hydrogen-bond acceptors (Lipinski definition) is 3. The maximum Gasteiger partial charge on any atom is 0.319 e. The van der Waals surface area contributed by atoms with E-state index < -0.39 is 6.04 Å². The fourth-order valence-corrected chi connectivity index (χ4v) is 4.19. The zero-order valence-corrected chi connectivity index (χ0v) is 18.4. The lowest BCUT2D eigenvalue weighted by Gasteiger charge is -2.28. The molecule has 1 unspecified atom stereocenters. The molecule has 3 aromatic carbocycles. The summed E-state index contributed by atoms with van der Waals surface area (Å²) in [7, 11) is 0. The summed E-state index contributed by atoms with van der Waals surface area (Å²) in [5, 5.41) is 17.0. The van der Waals surface area contributed by atoms with Crippen molar-refractivity contribution in [3.63, 3.8) is 0 Å². The van der Waals surface area contributed by atoms with Gasteiger partial charge in [0, 0.05) is 21.8 Å². The van der Waals surface area contributed by atoms with Crippen LogP contribution in [0.1, 0.15) is 18.5 Å². The number of anilines is 1. The number of benzene rings is 3. The largest absolute Gasteiger partial charge is 0.327 e. The number of hydrogen-bond donors (Lipinski definition) is 4. The standard InChI is InChI=1S/C25H20ClN5O2/c1-14-22(24(32)29-20-9-10-21-18(12-20)13-27-31-21)23(30-25(33)28-14)16-7-5-15(6-8-16)17-3-2-4-19(26)11-17/h2-13,23H,1H3,(H,27,31)(H,29,32)(H2,28,30,33). The van der Waals surface area contributed by atoms with Crippen LogP contribution in [0.4, 0.5) is 10.5 Å². The smallest absolute Gasteiger partial charge is 0.319 e. The van der Waals surface area contributed by atoms with Crippen LogP contribution < -0.4 is 16.0 Å². The second-order valence-electron chi connectivity index (χ2n) is 7.83. The number of carbonyl (C=O) groups excluding carboxylic acids is 2. The van der Waals surface area contributed by atoms with Gasteiger partial charge in [0.1, 0.15) is 0 Å². The Balaban J connectivity index is 1.44. The fourth-order valence-electron chi connectivity index (χ4n) is 4.00. The second kappa shape index (κ2) is 8.44. The molecule has 2 heterocycles. The average molecular weight is 458 g/mol. The molecule has 33 heavy (non-hydrogen) atoms. The summed E-state index contributed by atoms with van der Waals surface area (Å²) in [5.41, 5.74) is 5.24. The molecule has 5 rings (SSSR count). The first kappa shape index (κ1) is 20.8. The Labute approximate surface area is 194 Å². The quantitative estimate of drug-likeness (QED) is 0.341. The van der Waals surface area contributed by atoms with Crippen molar-refractivity contribution in [2.75, 3.05) is 5.32 Å². The van der Waals surface area contributed by atoms with Crippen LogP contribution in [0.2, 0.25) is 5.02 Å². The Bertz CT molecular complexity index is 1410. The van der Waals surface area contributed by atoms with E-state index in [1.165, 1.54) is 0 Å². The van der Waals surface area contributed by atoms with Crippen molar-refractivity contribution in [3.05, 3.63) is 94.8 Å². The molecule has 0 saturated heterocycles. The Hall–Kier alpha value is -4.10. The normalized spacial score (nSPS) is 15.8. The number of urea groups is 1. The van der Waals surface area contributed by atoms with Crippen molar-refractivity contribution in [1.29, 1.82) is 0 Å². The SMILES string of the molecule is CC1=C(C(=O)Nc2ccc3[nH]ncc3c2)C(c2ccc(-c3cccc(Cl)c3)cc2)NC(=O)N1. The summed E-state index contributed by atoms with van der Waals surface area (Å²) >= 11 is 6.12. The molecule has 0 fully saturated rings. The molecule has 8 heteroatoms. The summed E-state index contributed by atoms with van der Waals surface area (Å²) in [6.07, 6.45) is 1.70. The summed E-state index contributed by atoms with van der Waals surface area (Å²) in [5.74, 6) is -0.299. The molecule has 0 aliphatic carbocycles. The van der Waals surface area contributed by atoms with Crippen molar-refractivity contribution in [2.24, 2.45) is 0 Å². The Morgan fingerprint density at radius 3 is 2.64 bits per heavy atom. The van der Waals surface area contributed by atoms with Crippen LogP contribution in [0.15, 0.2) is 84.2 Å². The number of fused-ring (bicyclic) bond motifs is 1. The first-order valence-corrected chi connectivity index (χ1v) is 10.7. The third-order valence-corrected chi connectivity index (χ3v) is 5.85. The van der Waals surface area contributed by atoms with Gasteiger partial charge in [0.25, 0.3) is 5.91 Å². The van der Waals surface area contributed by atoms with Gasteiger partial charge in [-0.25, -0.2) is 4.79 Å². The highest BCUT2D eigenvalue weighted by molar-refractivity contribution is 6.30. The summed E-state index contributed by atoms with van der Waals surface area (Å²) in [6.45, 7) is 1.72. The number of nitrogens with zero attached hydrogens (tertiary/aromatic N) is 1. The van der Waals surface area contributed by atoms with E-state index in [4.69, 9.17) is 11.6 Å². The molecule has 4 aromatic rings. The molecule has 7 nitrogen and oxygen atoms in total. The van der Waals surface area contributed by atoms with E-state index in [1.807, 2.05) is 60.7 Å². The molecular formula is C25H20ClN5O2. The lowest BCUT2D eigenvalue weighted by atomic mass is 9.93. The fraction of sp³-hybridized carbons (Fsp3) is 0.0800. The van der Waals surface area contributed by atoms with Gasteiger partial charge in [-0.3, -0.25) is 9.89 Å². The van der Waals surface area contributed by atoms with Gasteiger partial charge < -0.3 is 16.0 Å². The summed E-state index contributed by atoms with van der Waals surface area (Å²) < 4.78 is 0. The monoisotopic (exact) mass is 457 g/mol. The summed E-state index contributed by atoms with van der Waals surface area (Å²) in [6, 6.07) is 19.9. The molecule has 1 aliphatic rings. The van der Waals surface area contributed by atoms with Crippen molar-refractivity contribution in [1.82, 2.24) is 20.8 Å². The van der Waals surface area contributed by atoms with E-state index >= 15 is 0 Å². The van der Waals surface area contributed by atoms with E-state index in [1.54, 1.807) is 19.2 Å². The minimum absolute atomic E-state index is 0.299. The zero-order chi connectivity index (χ0) is 22.9. The average Bonchev–Trinajstić information content (AvgIpc) is 3.26. The first-order chi connectivity index (χ1) is 16.0. The predicted molar refractivity (Wildman–Crippen MR) is 129 cm³/mol. The van der Waals surface area contributed by atoms with E-state index in [0.29, 0.717) is 22.0 Å². The number of aromatic nitrogens is 2. The first-order valence-electron chi connectivity index (χ1n) is 10.4. The lowest BCUT2D eigenvalue weighted by Crippen LogP contribution is -2.45. The maximum atomic E-state index is 13.3. The van der Waals surface area contributed by atoms with Crippen molar-refractivity contribution < 1.29 is 9.59 Å². The Morgan fingerprint density at radius 1 is 1.03 bits per heavy atom. The number of allylic oxidation sites excluding steroid dienone is 1. The molecule has 0 spiro atoms. The van der Waals surface area contributed by atoms with E-state index in [2.05, 4.69) is 26.1 Å². The van der Waals surface area contributed by atoms with Gasteiger partial charge in [-0.1, -0.05) is 48.0 Å². The van der Waals surface area contributed by atoms with E-state index in [0.717, 1.165) is 27.6 Å². The molecule has 4 N–H and O–H groups in total. The van der Waals surface area contributed by atoms with Gasteiger partial charge in [0.15, 0.2) is 0 Å². The van der Waals surface area contributed by atoms with Crippen molar-refractivity contribution in [3.8, 4) is 11.1 Å². The molecule has 3 amide bonds. The second-order valence-corrected chi connectivity index (χ2v) is 8.27. The number of amides is 3. The highest BCUT2D eigenvalue weighted by atomic mass is 35.5. The van der Waals surface area contributed by atoms with Gasteiger partial charge in [0.2, 0.25) is 0 Å². The molecule has 0 radical (unpaired) electrons. The van der Waals surface area contributed by atoms with Crippen LogP contribution >= 0.6 is 11.6 Å². The predicted octanol–water partition coefficient (Wildman–Crippen LogP) is 5.15. The summed E-state index contributed by atoms with van der Waals surface area (Å²) in [4.78, 5) is 25.5. The van der Waals surface area contributed by atoms with Crippen LogP contribution in [-0.4, -0.2) is 22.1 Å². The van der Waals surface area contributed by atoms with Crippen molar-refractivity contribution >= 4 is 40.1 Å². The molecule has 1 aliphatic heterocycles. The Morgan fingerprint density at radius 2 is 1.85 bits per heavy atom. The number of halogens is 1. The van der Waals surface area contributed by atoms with Gasteiger partial charge in [-0.15, -0.1) is 0 Å². The third kappa shape index (κ3) is 4.18. The van der Waals surface area contributed by atoms with Crippen LogP contribution in [-0.2, 0) is 4.79 Å². The molecular weight excluding hydrogens is 438 g/mol. The van der Waals surface area contributed by atoms with E-state index in [9.17, 15) is 9.59 Å². The van der Waals surface area contributed by atoms with Gasteiger partial charge in [-0.2, -0.15) is 5.10 Å². The third-order valence-electron chi connectivity index (χ3n) is 5.61. The molecule has 164 valence electrons. The van der Waals surface area contributed by atoms with Crippen LogP contribution in [0, 0.1) is 0 Å². The van der Waals surface area contributed by atoms with Gasteiger partial charge in [-0.05, 0) is 53.9 Å². The Kier molecular flexibility index (Phi) is 5.32. The number of carbonyl (C=O) groups is 2. The maximum absolute atomic E-state index is 13.3. The minimum atomic E-state index is -0.593. The van der Waals surface area contributed by atoms with Gasteiger partial charge in [0.05, 0.1) is 23.3 Å². The molecule has 0 saturated carbocycles. The van der Waals surface area contributed by atoms with Crippen LogP contribution in [0.5, 0.6) is 0 Å². The van der Waals surface area contributed by atoms with E-state index in [-0.39, 0.29) is 11.9 Å². The zero-order valence-electron chi connectivity index (χ0n) is 17.6. The highest BCUT2D eigenvalue weighted by Crippen LogP contribution is 2.30. The number of rotatable bonds is 4. The molecule has 0 bridgehead atoms. The highest BCUT2D eigenvalue weighted by Gasteiger charge is 2.31. The number of H-pyrrole nitrogens is 1. The molecule has 1 aromatic heterocycles. The number of aromatic amines is 1. The number of nitrogens with one attached hydrogen (secondary N) is 4. The van der Waals surface area contributed by atoms with Crippen LogP contribution in [0.25, 0.3) is 22.0 Å².